The second-order valence-corrected chi connectivity index (χ2v) is 4.43. The summed E-state index contributed by atoms with van der Waals surface area (Å²) in [6.07, 6.45) is 0.587. The van der Waals surface area contributed by atoms with E-state index < -0.39 is 5.41 Å². The van der Waals surface area contributed by atoms with Crippen LogP contribution in [0.1, 0.15) is 26.7 Å². The van der Waals surface area contributed by atoms with E-state index in [-0.39, 0.29) is 0 Å². The molecule has 0 aromatic carbocycles. The van der Waals surface area contributed by atoms with Gasteiger partial charge in [-0.15, -0.1) is 0 Å². The van der Waals surface area contributed by atoms with E-state index in [4.69, 9.17) is 0 Å². The van der Waals surface area contributed by atoms with Gasteiger partial charge in [0.25, 0.3) is 0 Å². The summed E-state index contributed by atoms with van der Waals surface area (Å²) >= 11 is 0. The number of allylic oxidation sites excluding steroid dienone is 4. The summed E-state index contributed by atoms with van der Waals surface area (Å²) in [7, 11) is 0. The van der Waals surface area contributed by atoms with Gasteiger partial charge in [-0.05, 0) is 13.8 Å². The van der Waals surface area contributed by atoms with Crippen LogP contribution in [0.15, 0.2) is 48.6 Å². The van der Waals surface area contributed by atoms with E-state index in [0.29, 0.717) is 12.8 Å². The second-order valence-electron chi connectivity index (χ2n) is 4.43. The molecule has 17 heavy (non-hydrogen) atoms. The van der Waals surface area contributed by atoms with E-state index >= 15 is 0 Å². The van der Waals surface area contributed by atoms with Gasteiger partial charge in [-0.3, -0.25) is 0 Å². The van der Waals surface area contributed by atoms with E-state index in [1.54, 1.807) is 0 Å². The lowest BCUT2D eigenvalue weighted by Gasteiger charge is -2.21. The Balaban J connectivity index is 5.08. The van der Waals surface area contributed by atoms with Gasteiger partial charge in [-0.1, -0.05) is 48.6 Å². The van der Waals surface area contributed by atoms with Crippen molar-refractivity contribution in [2.45, 2.75) is 26.7 Å². The van der Waals surface area contributed by atoms with Crippen molar-refractivity contribution in [2.24, 2.45) is 5.41 Å². The molecule has 0 amide bonds. The summed E-state index contributed by atoms with van der Waals surface area (Å²) in [6, 6.07) is 4.14. The maximum Gasteiger partial charge on any atom is 0.151 e. The average molecular weight is 226 g/mol. The Morgan fingerprint density at radius 2 is 1.18 bits per heavy atom. The van der Waals surface area contributed by atoms with Gasteiger partial charge in [0, 0.05) is 12.8 Å². The lowest BCUT2D eigenvalue weighted by Crippen LogP contribution is -2.18. The third-order valence-electron chi connectivity index (χ3n) is 2.67. The van der Waals surface area contributed by atoms with E-state index in [9.17, 15) is 10.5 Å². The van der Waals surface area contributed by atoms with E-state index in [1.807, 2.05) is 13.8 Å². The van der Waals surface area contributed by atoms with Crippen LogP contribution in [0.2, 0.25) is 0 Å². The molecule has 0 heterocycles. The Morgan fingerprint density at radius 1 is 0.882 bits per heavy atom. The highest BCUT2D eigenvalue weighted by atomic mass is 14.4. The maximum atomic E-state index is 9.22. The van der Waals surface area contributed by atoms with Crippen LogP contribution in [0, 0.1) is 28.1 Å². The maximum absolute atomic E-state index is 9.22. The quantitative estimate of drug-likeness (QED) is 0.641. The van der Waals surface area contributed by atoms with Crippen molar-refractivity contribution in [2.75, 3.05) is 0 Å². The molecule has 2 heteroatoms. The van der Waals surface area contributed by atoms with Crippen molar-refractivity contribution in [1.82, 2.24) is 0 Å². The van der Waals surface area contributed by atoms with Crippen LogP contribution in [0.3, 0.4) is 0 Å². The van der Waals surface area contributed by atoms with Crippen molar-refractivity contribution < 1.29 is 0 Å². The van der Waals surface area contributed by atoms with Gasteiger partial charge >= 0.3 is 0 Å². The Labute approximate surface area is 104 Å². The highest BCUT2D eigenvalue weighted by molar-refractivity contribution is 5.34. The molecule has 0 atom stereocenters. The largest absolute Gasteiger partial charge is 0.197 e. The lowest BCUT2D eigenvalue weighted by molar-refractivity contribution is 0.516. The highest BCUT2D eigenvalue weighted by Crippen LogP contribution is 2.34. The van der Waals surface area contributed by atoms with Crippen LogP contribution in [-0.2, 0) is 0 Å². The Bertz CT molecular complexity index is 408. The van der Waals surface area contributed by atoms with Crippen LogP contribution in [0.4, 0.5) is 0 Å². The van der Waals surface area contributed by atoms with E-state index in [2.05, 4.69) is 38.5 Å². The van der Waals surface area contributed by atoms with Crippen molar-refractivity contribution in [3.05, 3.63) is 48.6 Å². The lowest BCUT2D eigenvalue weighted by atomic mass is 9.77. The van der Waals surface area contributed by atoms with Crippen LogP contribution >= 0.6 is 0 Å². The first-order chi connectivity index (χ1) is 7.78. The Hall–Kier alpha value is -2.06. The van der Waals surface area contributed by atoms with E-state index in [0.717, 1.165) is 22.3 Å². The third kappa shape index (κ3) is 4.13. The number of nitrogens with zero attached hydrogens (tertiary/aromatic N) is 2. The third-order valence-corrected chi connectivity index (χ3v) is 2.67. The van der Waals surface area contributed by atoms with Gasteiger partial charge in [0.2, 0.25) is 0 Å². The van der Waals surface area contributed by atoms with Gasteiger partial charge in [0.15, 0.2) is 5.41 Å². The van der Waals surface area contributed by atoms with Crippen LogP contribution < -0.4 is 0 Å². The number of nitriles is 2. The Kier molecular flexibility index (Phi) is 5.16. The van der Waals surface area contributed by atoms with Gasteiger partial charge in [-0.25, -0.2) is 0 Å². The zero-order valence-corrected chi connectivity index (χ0v) is 10.6. The molecule has 0 spiro atoms. The molecule has 0 aliphatic rings. The molecule has 0 fully saturated rings. The minimum absolute atomic E-state index is 0.293. The number of hydrogen-bond acceptors (Lipinski definition) is 2. The number of rotatable bonds is 6. The molecule has 0 unspecified atom stereocenters. The molecule has 0 saturated heterocycles. The summed E-state index contributed by atoms with van der Waals surface area (Å²) < 4.78 is 0. The summed E-state index contributed by atoms with van der Waals surface area (Å²) in [5, 5.41) is 18.4. The van der Waals surface area contributed by atoms with Gasteiger partial charge < -0.3 is 0 Å². The minimum Gasteiger partial charge on any atom is -0.197 e. The van der Waals surface area contributed by atoms with Gasteiger partial charge in [0.1, 0.15) is 0 Å². The van der Waals surface area contributed by atoms with E-state index in [1.165, 1.54) is 0 Å². The molecule has 0 bridgehead atoms. The molecular formula is C15H18N2. The molecule has 0 aliphatic carbocycles. The number of hydrogen-bond donors (Lipinski definition) is 0. The first-order valence-corrected chi connectivity index (χ1v) is 5.28. The predicted molar refractivity (Wildman–Crippen MR) is 70.8 cm³/mol. The minimum atomic E-state index is -1.12. The molecule has 0 aromatic heterocycles. The summed E-state index contributed by atoms with van der Waals surface area (Å²) in [4.78, 5) is 0. The van der Waals surface area contributed by atoms with Crippen LogP contribution in [0.25, 0.3) is 0 Å². The molecular weight excluding hydrogens is 208 g/mol. The topological polar surface area (TPSA) is 47.6 Å². The SMILES string of the molecule is C=C(C)C(=C)CC(C#N)(C#N)CC(=C)C(=C)C. The highest BCUT2D eigenvalue weighted by Gasteiger charge is 2.31. The van der Waals surface area contributed by atoms with Crippen molar-refractivity contribution in [3.63, 3.8) is 0 Å². The zero-order valence-electron chi connectivity index (χ0n) is 10.6. The predicted octanol–water partition coefficient (Wildman–Crippen LogP) is 4.06. The molecule has 0 N–H and O–H groups in total. The van der Waals surface area contributed by atoms with Crippen molar-refractivity contribution in [3.8, 4) is 12.1 Å². The van der Waals surface area contributed by atoms with Crippen molar-refractivity contribution in [1.29, 1.82) is 10.5 Å². The Morgan fingerprint density at radius 3 is 1.35 bits per heavy atom. The molecule has 88 valence electrons. The fourth-order valence-corrected chi connectivity index (χ4v) is 1.28. The smallest absolute Gasteiger partial charge is 0.151 e. The molecule has 0 aliphatic heterocycles. The monoisotopic (exact) mass is 226 g/mol. The zero-order chi connectivity index (χ0) is 13.6. The summed E-state index contributed by atoms with van der Waals surface area (Å²) in [5.74, 6) is 0. The molecule has 0 aromatic rings. The van der Waals surface area contributed by atoms with Crippen LogP contribution in [0.5, 0.6) is 0 Å². The van der Waals surface area contributed by atoms with Crippen molar-refractivity contribution >= 4 is 0 Å². The molecule has 0 radical (unpaired) electrons. The molecule has 0 rings (SSSR count). The summed E-state index contributed by atoms with van der Waals surface area (Å²) in [5.41, 5.74) is 1.92. The first-order valence-electron chi connectivity index (χ1n) is 5.28. The first kappa shape index (κ1) is 14.9. The fourth-order valence-electron chi connectivity index (χ4n) is 1.28. The van der Waals surface area contributed by atoms with Crippen LogP contribution in [-0.4, -0.2) is 0 Å². The van der Waals surface area contributed by atoms with Gasteiger partial charge in [0.05, 0.1) is 12.1 Å². The average Bonchev–Trinajstić information content (AvgIpc) is 2.27. The van der Waals surface area contributed by atoms with Gasteiger partial charge in [-0.2, -0.15) is 10.5 Å². The normalized spacial score (nSPS) is 9.88. The molecule has 0 saturated carbocycles. The summed E-state index contributed by atoms with van der Waals surface area (Å²) in [6.45, 7) is 18.8. The fraction of sp³-hybridized carbons (Fsp3) is 0.333. The standard InChI is InChI=1S/C15H18N2/c1-11(2)13(5)7-15(9-16,10-17)8-14(6)12(3)4/h1,3,5-8H2,2,4H3. The second kappa shape index (κ2) is 5.87. The molecule has 2 nitrogen and oxygen atoms in total.